The molecule has 0 atom stereocenters. The number of carbonyl (C=O) groups excluding carboxylic acids is 2. The maximum absolute atomic E-state index is 12.7. The number of hydrogen-bond acceptors (Lipinski definition) is 11. The van der Waals surface area contributed by atoms with Crippen molar-refractivity contribution >= 4 is 40.9 Å². The molecule has 258 valence electrons. The van der Waals surface area contributed by atoms with E-state index in [4.69, 9.17) is 9.47 Å². The van der Waals surface area contributed by atoms with Crippen LogP contribution in [0.2, 0.25) is 0 Å². The van der Waals surface area contributed by atoms with Gasteiger partial charge in [-0.2, -0.15) is 15.0 Å². The largest absolute Gasteiger partial charge is 0.508 e. The van der Waals surface area contributed by atoms with E-state index in [0.29, 0.717) is 81.5 Å². The molecule has 5 aromatic rings. The van der Waals surface area contributed by atoms with Gasteiger partial charge in [0.25, 0.3) is 5.91 Å². The predicted octanol–water partition coefficient (Wildman–Crippen LogP) is 6.13. The Hall–Kier alpha value is -5.85. The van der Waals surface area contributed by atoms with Crippen molar-refractivity contribution in [2.24, 2.45) is 0 Å². The highest BCUT2D eigenvalue weighted by molar-refractivity contribution is 5.96. The molecule has 0 spiro atoms. The minimum atomic E-state index is -0.172. The molecule has 0 aliphatic heterocycles. The Labute approximate surface area is 291 Å². The molecule has 0 saturated carbocycles. The lowest BCUT2D eigenvalue weighted by Crippen LogP contribution is -2.22. The molecule has 0 unspecified atom stereocenters. The number of amides is 1. The molecule has 0 bridgehead atoms. The monoisotopic (exact) mass is 675 g/mol. The van der Waals surface area contributed by atoms with Gasteiger partial charge in [-0.25, -0.2) is 0 Å². The standard InChI is InChI=1S/C38H41N7O5/c1-45(32-18-20-33(46)21-19-32)38-43-36(39-22-24-50-26-25-49-23-8-13-34(47)29-11-6-3-7-12-29)42-37(44-38)41-31-16-14-30(15-17-31)35(48)40-27-28-9-4-2-5-10-28/h2-7,9-12,14-21,46H,8,13,22-27H2,1H3,(H,40,48)(H2,39,41,42,43,44). The van der Waals surface area contributed by atoms with Gasteiger partial charge in [0.15, 0.2) is 5.78 Å². The smallest absolute Gasteiger partial charge is 0.251 e. The fourth-order valence-corrected chi connectivity index (χ4v) is 4.82. The minimum absolute atomic E-state index is 0.114. The Morgan fingerprint density at radius 3 is 2.10 bits per heavy atom. The van der Waals surface area contributed by atoms with E-state index in [0.717, 1.165) is 16.8 Å². The van der Waals surface area contributed by atoms with Crippen molar-refractivity contribution in [3.05, 3.63) is 126 Å². The van der Waals surface area contributed by atoms with Crippen LogP contribution in [-0.4, -0.2) is 71.8 Å². The van der Waals surface area contributed by atoms with E-state index in [1.54, 1.807) is 53.4 Å². The van der Waals surface area contributed by atoms with Gasteiger partial charge in [0.2, 0.25) is 17.8 Å². The van der Waals surface area contributed by atoms with Crippen molar-refractivity contribution in [1.82, 2.24) is 20.3 Å². The maximum Gasteiger partial charge on any atom is 0.251 e. The number of aromatic hydroxyl groups is 1. The van der Waals surface area contributed by atoms with Gasteiger partial charge in [0.05, 0.1) is 19.8 Å². The van der Waals surface area contributed by atoms with Crippen LogP contribution in [0.3, 0.4) is 0 Å². The second kappa shape index (κ2) is 18.6. The van der Waals surface area contributed by atoms with Crippen LogP contribution in [0.5, 0.6) is 5.75 Å². The summed E-state index contributed by atoms with van der Waals surface area (Å²) in [5.41, 5.74) is 3.73. The lowest BCUT2D eigenvalue weighted by atomic mass is 10.1. The van der Waals surface area contributed by atoms with Crippen LogP contribution in [0, 0.1) is 0 Å². The quantitative estimate of drug-likeness (QED) is 0.0591. The summed E-state index contributed by atoms with van der Waals surface area (Å²) in [5, 5.41) is 19.1. The van der Waals surface area contributed by atoms with E-state index in [9.17, 15) is 14.7 Å². The summed E-state index contributed by atoms with van der Waals surface area (Å²) in [7, 11) is 1.82. The van der Waals surface area contributed by atoms with Crippen molar-refractivity contribution in [2.45, 2.75) is 19.4 Å². The maximum atomic E-state index is 12.7. The first-order chi connectivity index (χ1) is 24.4. The average molecular weight is 676 g/mol. The predicted molar refractivity (Wildman–Crippen MR) is 193 cm³/mol. The number of ketones is 1. The minimum Gasteiger partial charge on any atom is -0.508 e. The van der Waals surface area contributed by atoms with Crippen LogP contribution in [0.15, 0.2) is 109 Å². The van der Waals surface area contributed by atoms with E-state index in [2.05, 4.69) is 30.9 Å². The molecule has 1 heterocycles. The van der Waals surface area contributed by atoms with Crippen LogP contribution in [0.25, 0.3) is 0 Å². The summed E-state index contributed by atoms with van der Waals surface area (Å²) < 4.78 is 11.3. The first kappa shape index (κ1) is 35.5. The van der Waals surface area contributed by atoms with E-state index in [1.807, 2.05) is 67.7 Å². The van der Waals surface area contributed by atoms with Crippen molar-refractivity contribution in [1.29, 1.82) is 0 Å². The number of aromatic nitrogens is 3. The van der Waals surface area contributed by atoms with E-state index >= 15 is 0 Å². The number of ether oxygens (including phenoxy) is 2. The zero-order valence-electron chi connectivity index (χ0n) is 27.9. The number of nitrogens with zero attached hydrogens (tertiary/aromatic N) is 4. The molecule has 50 heavy (non-hydrogen) atoms. The first-order valence-electron chi connectivity index (χ1n) is 16.4. The summed E-state index contributed by atoms with van der Waals surface area (Å²) in [5.74, 6) is 1.10. The number of Topliss-reactive ketones (excluding diaryl/α,β-unsaturated/α-hetero) is 1. The van der Waals surface area contributed by atoms with Crippen LogP contribution in [0.4, 0.5) is 29.2 Å². The highest BCUT2D eigenvalue weighted by Gasteiger charge is 2.14. The van der Waals surface area contributed by atoms with Gasteiger partial charge in [-0.15, -0.1) is 0 Å². The Balaban J connectivity index is 1.11. The molecule has 1 amide bonds. The number of hydrogen-bond donors (Lipinski definition) is 4. The van der Waals surface area contributed by atoms with Gasteiger partial charge in [-0.3, -0.25) is 9.59 Å². The Morgan fingerprint density at radius 2 is 1.38 bits per heavy atom. The van der Waals surface area contributed by atoms with Gasteiger partial charge in [-0.1, -0.05) is 60.7 Å². The molecule has 4 N–H and O–H groups in total. The lowest BCUT2D eigenvalue weighted by molar-refractivity contribution is 0.0497. The van der Waals surface area contributed by atoms with Gasteiger partial charge >= 0.3 is 0 Å². The van der Waals surface area contributed by atoms with Gasteiger partial charge in [-0.05, 0) is 60.5 Å². The third-order valence-electron chi connectivity index (χ3n) is 7.55. The van der Waals surface area contributed by atoms with Gasteiger partial charge in [0, 0.05) is 55.7 Å². The zero-order chi connectivity index (χ0) is 35.0. The molecule has 0 aliphatic rings. The number of phenols is 1. The average Bonchev–Trinajstić information content (AvgIpc) is 3.15. The molecule has 12 heteroatoms. The molecular weight excluding hydrogens is 634 g/mol. The number of anilines is 5. The van der Waals surface area contributed by atoms with Crippen molar-refractivity contribution in [3.8, 4) is 5.75 Å². The summed E-state index contributed by atoms with van der Waals surface area (Å²) in [6.45, 7) is 2.59. The number of rotatable bonds is 19. The van der Waals surface area contributed by atoms with Crippen molar-refractivity contribution < 1.29 is 24.2 Å². The molecule has 4 aromatic carbocycles. The molecular formula is C38H41N7O5. The molecule has 12 nitrogen and oxygen atoms in total. The molecule has 0 fully saturated rings. The highest BCUT2D eigenvalue weighted by Crippen LogP contribution is 2.25. The summed E-state index contributed by atoms with van der Waals surface area (Å²) >= 11 is 0. The number of nitrogens with one attached hydrogen (secondary N) is 3. The molecule has 0 radical (unpaired) electrons. The first-order valence-corrected chi connectivity index (χ1v) is 16.4. The van der Waals surface area contributed by atoms with Crippen molar-refractivity contribution in [3.63, 3.8) is 0 Å². The molecule has 5 rings (SSSR count). The summed E-state index contributed by atoms with van der Waals surface area (Å²) in [6.07, 6.45) is 1.10. The molecule has 0 saturated heterocycles. The van der Waals surface area contributed by atoms with E-state index < -0.39 is 0 Å². The van der Waals surface area contributed by atoms with E-state index in [-0.39, 0.29) is 17.4 Å². The third-order valence-corrected chi connectivity index (χ3v) is 7.55. The summed E-state index contributed by atoms with van der Waals surface area (Å²) in [4.78, 5) is 40.4. The third kappa shape index (κ3) is 11.1. The van der Waals surface area contributed by atoms with Crippen LogP contribution < -0.4 is 20.9 Å². The number of benzene rings is 4. The highest BCUT2D eigenvalue weighted by atomic mass is 16.5. The normalized spacial score (nSPS) is 10.7. The number of phenolic OH excluding ortho intramolecular Hbond substituents is 1. The Morgan fingerprint density at radius 1 is 0.720 bits per heavy atom. The topological polar surface area (TPSA) is 151 Å². The SMILES string of the molecule is CN(c1ccc(O)cc1)c1nc(NCCOCCOCCCC(=O)c2ccccc2)nc(Nc2ccc(C(=O)NCc3ccccc3)cc2)n1. The fourth-order valence-electron chi connectivity index (χ4n) is 4.82. The second-order valence-electron chi connectivity index (χ2n) is 11.3. The van der Waals surface area contributed by atoms with Gasteiger partial charge in [0.1, 0.15) is 5.75 Å². The molecule has 0 aliphatic carbocycles. The Kier molecular flexibility index (Phi) is 13.2. The van der Waals surface area contributed by atoms with Gasteiger partial charge < -0.3 is 35.4 Å². The zero-order valence-corrected chi connectivity index (χ0v) is 27.9. The van der Waals surface area contributed by atoms with E-state index in [1.165, 1.54) is 0 Å². The Bertz CT molecular complexity index is 1790. The van der Waals surface area contributed by atoms with Crippen LogP contribution in [0.1, 0.15) is 39.1 Å². The molecule has 1 aromatic heterocycles. The van der Waals surface area contributed by atoms with Crippen LogP contribution >= 0.6 is 0 Å². The van der Waals surface area contributed by atoms with Crippen molar-refractivity contribution in [2.75, 3.05) is 55.6 Å². The van der Waals surface area contributed by atoms with Crippen LogP contribution in [-0.2, 0) is 16.0 Å². The fraction of sp³-hybridized carbons (Fsp3) is 0.237. The number of carbonyl (C=O) groups is 2. The second-order valence-corrected chi connectivity index (χ2v) is 11.3. The lowest BCUT2D eigenvalue weighted by Gasteiger charge is -2.19. The summed E-state index contributed by atoms with van der Waals surface area (Å²) in [6, 6.07) is 32.7.